The molecule has 1 aliphatic rings. The van der Waals surface area contributed by atoms with E-state index in [4.69, 9.17) is 4.74 Å². The van der Waals surface area contributed by atoms with Crippen LogP contribution in [0.4, 0.5) is 0 Å². The van der Waals surface area contributed by atoms with E-state index in [-0.39, 0.29) is 30.4 Å². The van der Waals surface area contributed by atoms with Gasteiger partial charge in [0.2, 0.25) is 0 Å². The van der Waals surface area contributed by atoms with Gasteiger partial charge in [-0.05, 0) is 38.1 Å². The van der Waals surface area contributed by atoms with Crippen molar-refractivity contribution in [1.29, 1.82) is 0 Å². The molecule has 1 amide bonds. The highest BCUT2D eigenvalue weighted by molar-refractivity contribution is 6.08. The van der Waals surface area contributed by atoms with Crippen LogP contribution in [0, 0.1) is 0 Å². The van der Waals surface area contributed by atoms with E-state index >= 15 is 0 Å². The molecule has 1 fully saturated rings. The van der Waals surface area contributed by atoms with Gasteiger partial charge in [0, 0.05) is 36.3 Å². The quantitative estimate of drug-likeness (QED) is 0.840. The number of hydrogen-bond acceptors (Lipinski definition) is 4. The predicted molar refractivity (Wildman–Crippen MR) is 100 cm³/mol. The number of carbonyl (C=O) groups is 2. The molecule has 0 saturated carbocycles. The standard InChI is InChI=1S/C21H24N2O3/c1-15-16(2)23(13-12-22-15)20(24)14-26-19-10-8-18(9-11-19)21(25)17-6-4-3-5-7-17/h3-11,15-16,22H,12-14H2,1-2H3. The van der Waals surface area contributed by atoms with Crippen molar-refractivity contribution < 1.29 is 14.3 Å². The first-order valence-electron chi connectivity index (χ1n) is 8.91. The maximum atomic E-state index is 12.4. The maximum absolute atomic E-state index is 12.4. The molecule has 2 aromatic carbocycles. The minimum absolute atomic E-state index is 0.00301. The molecule has 0 aromatic heterocycles. The highest BCUT2D eigenvalue weighted by atomic mass is 16.5. The summed E-state index contributed by atoms with van der Waals surface area (Å²) < 4.78 is 5.62. The Labute approximate surface area is 154 Å². The summed E-state index contributed by atoms with van der Waals surface area (Å²) in [5, 5.41) is 3.35. The van der Waals surface area contributed by atoms with Gasteiger partial charge >= 0.3 is 0 Å². The first-order valence-corrected chi connectivity index (χ1v) is 8.91. The van der Waals surface area contributed by atoms with Crippen LogP contribution in [0.5, 0.6) is 5.75 Å². The average molecular weight is 352 g/mol. The van der Waals surface area contributed by atoms with E-state index in [0.29, 0.717) is 23.4 Å². The number of benzene rings is 2. The van der Waals surface area contributed by atoms with Crippen molar-refractivity contribution in [3.05, 3.63) is 65.7 Å². The summed E-state index contributed by atoms with van der Waals surface area (Å²) in [7, 11) is 0. The highest BCUT2D eigenvalue weighted by Gasteiger charge is 2.28. The Morgan fingerprint density at radius 2 is 1.69 bits per heavy atom. The largest absolute Gasteiger partial charge is 0.484 e. The minimum atomic E-state index is -0.0307. The zero-order valence-electron chi connectivity index (χ0n) is 15.1. The van der Waals surface area contributed by atoms with Gasteiger partial charge in [0.15, 0.2) is 12.4 Å². The highest BCUT2D eigenvalue weighted by Crippen LogP contribution is 2.16. The van der Waals surface area contributed by atoms with Gasteiger partial charge < -0.3 is 15.0 Å². The van der Waals surface area contributed by atoms with Gasteiger partial charge in [-0.2, -0.15) is 0 Å². The second-order valence-corrected chi connectivity index (χ2v) is 6.58. The van der Waals surface area contributed by atoms with Crippen LogP contribution in [0.15, 0.2) is 54.6 Å². The zero-order chi connectivity index (χ0) is 18.5. The second-order valence-electron chi connectivity index (χ2n) is 6.58. The van der Waals surface area contributed by atoms with Crippen molar-refractivity contribution in [2.45, 2.75) is 25.9 Å². The fourth-order valence-corrected chi connectivity index (χ4v) is 3.10. The molecule has 0 spiro atoms. The molecule has 1 N–H and O–H groups in total. The van der Waals surface area contributed by atoms with Crippen LogP contribution in [0.1, 0.15) is 29.8 Å². The molecule has 5 heteroatoms. The van der Waals surface area contributed by atoms with Crippen LogP contribution >= 0.6 is 0 Å². The van der Waals surface area contributed by atoms with E-state index in [1.54, 1.807) is 36.4 Å². The van der Waals surface area contributed by atoms with Gasteiger partial charge in [0.25, 0.3) is 5.91 Å². The Balaban J connectivity index is 1.58. The monoisotopic (exact) mass is 352 g/mol. The van der Waals surface area contributed by atoms with Crippen molar-refractivity contribution in [3.63, 3.8) is 0 Å². The number of hydrogen-bond donors (Lipinski definition) is 1. The summed E-state index contributed by atoms with van der Waals surface area (Å²) in [4.78, 5) is 26.7. The molecule has 0 bridgehead atoms. The normalized spacial score (nSPS) is 19.8. The summed E-state index contributed by atoms with van der Waals surface area (Å²) in [6.45, 7) is 5.61. The van der Waals surface area contributed by atoms with Crippen molar-refractivity contribution in [1.82, 2.24) is 10.2 Å². The number of ether oxygens (including phenoxy) is 1. The molecule has 26 heavy (non-hydrogen) atoms. The van der Waals surface area contributed by atoms with Crippen LogP contribution in [-0.4, -0.2) is 48.4 Å². The van der Waals surface area contributed by atoms with Crippen LogP contribution in [-0.2, 0) is 4.79 Å². The zero-order valence-corrected chi connectivity index (χ0v) is 15.1. The van der Waals surface area contributed by atoms with Crippen molar-refractivity contribution in [2.75, 3.05) is 19.7 Å². The third-order valence-electron chi connectivity index (χ3n) is 4.87. The number of carbonyl (C=O) groups excluding carboxylic acids is 2. The summed E-state index contributed by atoms with van der Waals surface area (Å²) in [6.07, 6.45) is 0. The Morgan fingerprint density at radius 1 is 1.04 bits per heavy atom. The minimum Gasteiger partial charge on any atom is -0.484 e. The van der Waals surface area contributed by atoms with Gasteiger partial charge in [-0.25, -0.2) is 0 Å². The first-order chi connectivity index (χ1) is 12.6. The van der Waals surface area contributed by atoms with Gasteiger partial charge in [0.05, 0.1) is 0 Å². The number of nitrogens with zero attached hydrogens (tertiary/aromatic N) is 1. The Bertz CT molecular complexity index is 759. The molecule has 1 heterocycles. The Morgan fingerprint density at radius 3 is 2.38 bits per heavy atom. The average Bonchev–Trinajstić information content (AvgIpc) is 2.69. The third-order valence-corrected chi connectivity index (χ3v) is 4.87. The molecule has 2 atom stereocenters. The summed E-state index contributed by atoms with van der Waals surface area (Å²) in [5.41, 5.74) is 1.25. The lowest BCUT2D eigenvalue weighted by Gasteiger charge is -2.38. The molecule has 1 aliphatic heterocycles. The lowest BCUT2D eigenvalue weighted by molar-refractivity contribution is -0.137. The predicted octanol–water partition coefficient (Wildman–Crippen LogP) is 2.51. The molecule has 136 valence electrons. The van der Waals surface area contributed by atoms with E-state index in [9.17, 15) is 9.59 Å². The maximum Gasteiger partial charge on any atom is 0.260 e. The summed E-state index contributed by atoms with van der Waals surface area (Å²) >= 11 is 0. The van der Waals surface area contributed by atoms with Crippen LogP contribution in [0.25, 0.3) is 0 Å². The lowest BCUT2D eigenvalue weighted by Crippen LogP contribution is -2.58. The molecular weight excluding hydrogens is 328 g/mol. The lowest BCUT2D eigenvalue weighted by atomic mass is 10.0. The Kier molecular flexibility index (Phi) is 5.68. The summed E-state index contributed by atoms with van der Waals surface area (Å²) in [5.74, 6) is 0.533. The van der Waals surface area contributed by atoms with E-state index in [2.05, 4.69) is 12.2 Å². The molecule has 0 radical (unpaired) electrons. The molecular formula is C21H24N2O3. The molecule has 2 unspecified atom stereocenters. The fraction of sp³-hybridized carbons (Fsp3) is 0.333. The van der Waals surface area contributed by atoms with E-state index in [1.165, 1.54) is 0 Å². The SMILES string of the molecule is CC1NCCN(C(=O)COc2ccc(C(=O)c3ccccc3)cc2)C1C. The topological polar surface area (TPSA) is 58.6 Å². The van der Waals surface area contributed by atoms with Crippen molar-refractivity contribution >= 4 is 11.7 Å². The number of piperazine rings is 1. The number of nitrogens with one attached hydrogen (secondary N) is 1. The number of ketones is 1. The Hall–Kier alpha value is -2.66. The van der Waals surface area contributed by atoms with E-state index in [0.717, 1.165) is 6.54 Å². The number of amides is 1. The van der Waals surface area contributed by atoms with E-state index in [1.807, 2.05) is 30.0 Å². The van der Waals surface area contributed by atoms with Crippen molar-refractivity contribution in [2.24, 2.45) is 0 Å². The first kappa shape index (κ1) is 18.1. The molecule has 1 saturated heterocycles. The van der Waals surface area contributed by atoms with Gasteiger partial charge in [-0.3, -0.25) is 9.59 Å². The van der Waals surface area contributed by atoms with Crippen LogP contribution in [0.3, 0.4) is 0 Å². The fourth-order valence-electron chi connectivity index (χ4n) is 3.10. The van der Waals surface area contributed by atoms with Gasteiger partial charge in [0.1, 0.15) is 5.75 Å². The van der Waals surface area contributed by atoms with Crippen LogP contribution in [0.2, 0.25) is 0 Å². The molecule has 5 nitrogen and oxygen atoms in total. The van der Waals surface area contributed by atoms with Crippen LogP contribution < -0.4 is 10.1 Å². The smallest absolute Gasteiger partial charge is 0.260 e. The van der Waals surface area contributed by atoms with E-state index < -0.39 is 0 Å². The van der Waals surface area contributed by atoms with Gasteiger partial charge in [-0.15, -0.1) is 0 Å². The van der Waals surface area contributed by atoms with Gasteiger partial charge in [-0.1, -0.05) is 30.3 Å². The third kappa shape index (κ3) is 4.11. The summed E-state index contributed by atoms with van der Waals surface area (Å²) in [6, 6.07) is 16.5. The molecule has 2 aromatic rings. The molecule has 3 rings (SSSR count). The second kappa shape index (κ2) is 8.15. The molecule has 0 aliphatic carbocycles. The number of rotatable bonds is 5. The van der Waals surface area contributed by atoms with Crippen molar-refractivity contribution in [3.8, 4) is 5.75 Å².